The lowest BCUT2D eigenvalue weighted by Crippen LogP contribution is -2.58. The van der Waals surface area contributed by atoms with Gasteiger partial charge in [-0.3, -0.25) is 24.0 Å². The Morgan fingerprint density at radius 1 is 1.15 bits per heavy atom. The summed E-state index contributed by atoms with van der Waals surface area (Å²) < 4.78 is 0. The second-order valence-electron chi connectivity index (χ2n) is 6.72. The second kappa shape index (κ2) is 10.5. The Labute approximate surface area is 156 Å². The first-order valence-electron chi connectivity index (χ1n) is 8.73. The molecule has 11 nitrogen and oxygen atoms in total. The summed E-state index contributed by atoms with van der Waals surface area (Å²) in [5, 5.41) is 18.8. The highest BCUT2D eigenvalue weighted by Gasteiger charge is 2.32. The Morgan fingerprint density at radius 2 is 1.81 bits per heavy atom. The molecule has 1 aliphatic heterocycles. The fraction of sp³-hybridized carbons (Fsp3) is 0.688. The molecular weight excluding hydrogens is 358 g/mol. The second-order valence-corrected chi connectivity index (χ2v) is 6.72. The summed E-state index contributed by atoms with van der Waals surface area (Å²) in [5.41, 5.74) is 5.10. The van der Waals surface area contributed by atoms with Crippen LogP contribution in [0.25, 0.3) is 0 Å². The van der Waals surface area contributed by atoms with Crippen molar-refractivity contribution in [2.45, 2.75) is 51.2 Å². The zero-order valence-corrected chi connectivity index (χ0v) is 15.4. The molecule has 0 radical (unpaired) electrons. The molecule has 1 aliphatic rings. The molecule has 1 saturated heterocycles. The van der Waals surface area contributed by atoms with Crippen LogP contribution < -0.4 is 27.0 Å². The number of primary amides is 1. The molecule has 4 amide bonds. The van der Waals surface area contributed by atoms with Gasteiger partial charge >= 0.3 is 5.97 Å². The van der Waals surface area contributed by atoms with Crippen molar-refractivity contribution in [1.82, 2.24) is 21.3 Å². The first-order valence-corrected chi connectivity index (χ1v) is 8.73. The third-order valence-electron chi connectivity index (χ3n) is 4.08. The van der Waals surface area contributed by atoms with Crippen molar-refractivity contribution in [1.29, 1.82) is 0 Å². The van der Waals surface area contributed by atoms with Gasteiger partial charge in [0.05, 0.1) is 12.5 Å². The lowest BCUT2D eigenvalue weighted by molar-refractivity contribution is -0.139. The van der Waals surface area contributed by atoms with Crippen molar-refractivity contribution in [3.05, 3.63) is 0 Å². The van der Waals surface area contributed by atoms with Crippen molar-refractivity contribution in [3.8, 4) is 0 Å². The van der Waals surface area contributed by atoms with Crippen LogP contribution in [-0.2, 0) is 24.0 Å². The van der Waals surface area contributed by atoms with Crippen LogP contribution in [0, 0.1) is 5.92 Å². The van der Waals surface area contributed by atoms with Crippen molar-refractivity contribution >= 4 is 29.6 Å². The lowest BCUT2D eigenvalue weighted by Gasteiger charge is -2.25. The van der Waals surface area contributed by atoms with Crippen LogP contribution in [0.5, 0.6) is 0 Å². The maximum Gasteiger partial charge on any atom is 0.322 e. The molecule has 0 aliphatic carbocycles. The fourth-order valence-electron chi connectivity index (χ4n) is 2.66. The molecule has 27 heavy (non-hydrogen) atoms. The standard InChI is InChI=1S/C16H27N5O6/c1-8(2)13(21-15(26)9-4-3-5-18-9)16(27)20-10(6-11(17)22)14(25)19-7-12(23)24/h8-10,13,18H,3-7H2,1-2H3,(H2,17,22)(H,19,25)(H,20,27)(H,21,26)(H,23,24). The predicted molar refractivity (Wildman–Crippen MR) is 94.2 cm³/mol. The van der Waals surface area contributed by atoms with E-state index in [-0.39, 0.29) is 17.9 Å². The number of hydrogen-bond donors (Lipinski definition) is 6. The average molecular weight is 385 g/mol. The first-order chi connectivity index (χ1) is 12.6. The average Bonchev–Trinajstić information content (AvgIpc) is 3.10. The number of nitrogens with one attached hydrogen (secondary N) is 4. The normalized spacial score (nSPS) is 18.4. The monoisotopic (exact) mass is 385 g/mol. The Hall–Kier alpha value is -2.69. The quantitative estimate of drug-likeness (QED) is 0.239. The molecule has 0 aromatic heterocycles. The maximum atomic E-state index is 12.6. The predicted octanol–water partition coefficient (Wildman–Crippen LogP) is -2.56. The zero-order valence-electron chi connectivity index (χ0n) is 15.4. The summed E-state index contributed by atoms with van der Waals surface area (Å²) in [6, 6.07) is -2.64. The molecule has 3 atom stereocenters. The van der Waals surface area contributed by atoms with Gasteiger partial charge in [0.2, 0.25) is 23.6 Å². The van der Waals surface area contributed by atoms with Gasteiger partial charge in [-0.2, -0.15) is 0 Å². The maximum absolute atomic E-state index is 12.6. The van der Waals surface area contributed by atoms with Crippen molar-refractivity contribution in [2.75, 3.05) is 13.1 Å². The van der Waals surface area contributed by atoms with E-state index in [1.54, 1.807) is 13.8 Å². The molecule has 1 heterocycles. The van der Waals surface area contributed by atoms with Gasteiger partial charge in [0, 0.05) is 0 Å². The number of nitrogens with two attached hydrogens (primary N) is 1. The molecule has 1 rings (SSSR count). The fourth-order valence-corrected chi connectivity index (χ4v) is 2.66. The van der Waals surface area contributed by atoms with Crippen molar-refractivity contribution in [2.24, 2.45) is 11.7 Å². The van der Waals surface area contributed by atoms with Gasteiger partial charge in [-0.25, -0.2) is 0 Å². The summed E-state index contributed by atoms with van der Waals surface area (Å²) in [4.78, 5) is 58.6. The van der Waals surface area contributed by atoms with Gasteiger partial charge < -0.3 is 32.1 Å². The van der Waals surface area contributed by atoms with Gasteiger partial charge in [-0.05, 0) is 25.3 Å². The minimum Gasteiger partial charge on any atom is -0.480 e. The number of rotatable bonds is 10. The van der Waals surface area contributed by atoms with Crippen LogP contribution in [0.2, 0.25) is 0 Å². The molecule has 1 fully saturated rings. The SMILES string of the molecule is CC(C)C(NC(=O)C1CCCN1)C(=O)NC(CC(N)=O)C(=O)NCC(=O)O. The third-order valence-corrected chi connectivity index (χ3v) is 4.08. The number of carbonyl (C=O) groups excluding carboxylic acids is 4. The molecule has 0 bridgehead atoms. The van der Waals surface area contributed by atoms with Crippen LogP contribution in [-0.4, -0.2) is 65.9 Å². The summed E-state index contributed by atoms with van der Waals surface area (Å²) in [5.74, 6) is -4.23. The van der Waals surface area contributed by atoms with E-state index in [0.29, 0.717) is 6.42 Å². The van der Waals surface area contributed by atoms with Crippen LogP contribution in [0.1, 0.15) is 33.1 Å². The first kappa shape index (κ1) is 22.4. The van der Waals surface area contributed by atoms with Crippen LogP contribution in [0.3, 0.4) is 0 Å². The van der Waals surface area contributed by atoms with Gasteiger partial charge in [0.25, 0.3) is 0 Å². The van der Waals surface area contributed by atoms with Crippen LogP contribution in [0.15, 0.2) is 0 Å². The minimum atomic E-state index is -1.34. The van der Waals surface area contributed by atoms with Gasteiger partial charge in [0.15, 0.2) is 0 Å². The molecular formula is C16H27N5O6. The van der Waals surface area contributed by atoms with Gasteiger partial charge in [0.1, 0.15) is 18.6 Å². The molecule has 11 heteroatoms. The Kier molecular flexibility index (Phi) is 8.66. The largest absolute Gasteiger partial charge is 0.480 e. The van der Waals surface area contributed by atoms with E-state index in [4.69, 9.17) is 10.8 Å². The Morgan fingerprint density at radius 3 is 2.30 bits per heavy atom. The van der Waals surface area contributed by atoms with E-state index in [9.17, 15) is 24.0 Å². The number of aliphatic carboxylic acids is 1. The molecule has 3 unspecified atom stereocenters. The topological polar surface area (TPSA) is 180 Å². The number of carbonyl (C=O) groups is 5. The smallest absolute Gasteiger partial charge is 0.322 e. The van der Waals surface area contributed by atoms with Gasteiger partial charge in [-0.1, -0.05) is 13.8 Å². The lowest BCUT2D eigenvalue weighted by atomic mass is 10.0. The third kappa shape index (κ3) is 7.60. The minimum absolute atomic E-state index is 0.285. The van der Waals surface area contributed by atoms with E-state index < -0.39 is 48.7 Å². The highest BCUT2D eigenvalue weighted by Crippen LogP contribution is 2.08. The van der Waals surface area contributed by atoms with Crippen molar-refractivity contribution < 1.29 is 29.1 Å². The number of amides is 4. The number of carboxylic acid groups (broad SMARTS) is 1. The summed E-state index contributed by atoms with van der Waals surface area (Å²) in [7, 11) is 0. The summed E-state index contributed by atoms with van der Waals surface area (Å²) in [6.45, 7) is 3.50. The summed E-state index contributed by atoms with van der Waals surface area (Å²) in [6.07, 6.45) is 1.03. The zero-order chi connectivity index (χ0) is 20.6. The Bertz CT molecular complexity index is 588. The molecule has 7 N–H and O–H groups in total. The molecule has 0 saturated carbocycles. The molecule has 0 aromatic carbocycles. The number of carboxylic acids is 1. The molecule has 152 valence electrons. The van der Waals surface area contributed by atoms with E-state index in [1.165, 1.54) is 0 Å². The highest BCUT2D eigenvalue weighted by atomic mass is 16.4. The van der Waals surface area contributed by atoms with E-state index in [1.807, 2.05) is 0 Å². The highest BCUT2D eigenvalue weighted by molar-refractivity contribution is 5.95. The Balaban J connectivity index is 2.78. The van der Waals surface area contributed by atoms with Crippen molar-refractivity contribution in [3.63, 3.8) is 0 Å². The summed E-state index contributed by atoms with van der Waals surface area (Å²) >= 11 is 0. The number of hydrogen-bond acceptors (Lipinski definition) is 6. The van der Waals surface area contributed by atoms with E-state index in [2.05, 4.69) is 21.3 Å². The molecule has 0 spiro atoms. The van der Waals surface area contributed by atoms with Crippen LogP contribution >= 0.6 is 0 Å². The van der Waals surface area contributed by atoms with E-state index in [0.717, 1.165) is 13.0 Å². The molecule has 0 aromatic rings. The van der Waals surface area contributed by atoms with Crippen LogP contribution in [0.4, 0.5) is 0 Å². The van der Waals surface area contributed by atoms with Gasteiger partial charge in [-0.15, -0.1) is 0 Å². The van der Waals surface area contributed by atoms with E-state index >= 15 is 0 Å².